The summed E-state index contributed by atoms with van der Waals surface area (Å²) in [5.74, 6) is 0. The lowest BCUT2D eigenvalue weighted by Crippen LogP contribution is -2.22. The molecule has 4 aliphatic rings. The van der Waals surface area contributed by atoms with Crippen molar-refractivity contribution < 1.29 is 0 Å². The highest BCUT2D eigenvalue weighted by molar-refractivity contribution is 6.12. The molecule has 0 unspecified atom stereocenters. The van der Waals surface area contributed by atoms with Crippen LogP contribution in [0.1, 0.15) is 73.6 Å². The number of para-hydroxylation sites is 2. The molecule has 0 N–H and O–H groups in total. The van der Waals surface area contributed by atoms with Crippen molar-refractivity contribution >= 4 is 65.2 Å². The maximum Gasteiger partial charge on any atom is 0.0541 e. The molecule has 0 bridgehead atoms. The normalized spacial score (nSPS) is 15.3. The van der Waals surface area contributed by atoms with Gasteiger partial charge in [-0.05, 0) is 221 Å². The standard InChI is InChI=1S/C84H60N2/c1-3-15-59-45-65(35-29-53(59)13-1)85-79-19-7-5-17-69(79)73-47-61(33-39-81(73)85)55-21-25-57(26-22-55)63-31-37-67-71-51-78-72(52-77(71)83(75(67)49-63)41-9-10-42-83)68-38-32-64(50-76(68)84(78)43-11-12-44-84)58-27-23-56(24-28-58)62-34-40-82-74(48-62)70-18-6-8-20-80(70)86(82)66-36-30-54-14-2-4-16-60(54)46-66/h1-8,13-40,45-52H,9-12,41-44H2. The zero-order chi connectivity index (χ0) is 56.2. The first-order valence-corrected chi connectivity index (χ1v) is 31.3. The molecule has 2 fully saturated rings. The van der Waals surface area contributed by atoms with E-state index in [0.29, 0.717) is 0 Å². The zero-order valence-electron chi connectivity index (χ0n) is 48.0. The van der Waals surface area contributed by atoms with Crippen LogP contribution in [0.25, 0.3) is 143 Å². The van der Waals surface area contributed by atoms with Gasteiger partial charge in [0.25, 0.3) is 0 Å². The second-order valence-electron chi connectivity index (χ2n) is 25.4. The summed E-state index contributed by atoms with van der Waals surface area (Å²) in [6, 6.07) is 102. The number of nitrogens with zero attached hydrogens (tertiary/aromatic N) is 2. The molecule has 19 rings (SSSR count). The molecule has 2 saturated carbocycles. The fourth-order valence-electron chi connectivity index (χ4n) is 17.1. The summed E-state index contributed by atoms with van der Waals surface area (Å²) < 4.78 is 4.86. The lowest BCUT2D eigenvalue weighted by Gasteiger charge is -2.29. The fraction of sp³-hybridized carbons (Fsp3) is 0.119. The molecule has 13 aromatic carbocycles. The highest BCUT2D eigenvalue weighted by Gasteiger charge is 2.50. The fourth-order valence-corrected chi connectivity index (χ4v) is 17.1. The molecule has 2 heteroatoms. The minimum Gasteiger partial charge on any atom is -0.309 e. The van der Waals surface area contributed by atoms with Gasteiger partial charge in [0, 0.05) is 43.7 Å². The van der Waals surface area contributed by atoms with Crippen molar-refractivity contribution in [3.8, 4) is 78.1 Å². The van der Waals surface area contributed by atoms with Gasteiger partial charge in [-0.25, -0.2) is 0 Å². The molecule has 2 spiro atoms. The van der Waals surface area contributed by atoms with Crippen molar-refractivity contribution in [1.29, 1.82) is 0 Å². The van der Waals surface area contributed by atoms with E-state index in [9.17, 15) is 0 Å². The van der Waals surface area contributed by atoms with Crippen LogP contribution in [0.15, 0.2) is 267 Å². The van der Waals surface area contributed by atoms with Crippen LogP contribution < -0.4 is 0 Å². The number of hydrogen-bond donors (Lipinski definition) is 0. The van der Waals surface area contributed by atoms with Gasteiger partial charge in [0.2, 0.25) is 0 Å². The van der Waals surface area contributed by atoms with Gasteiger partial charge in [-0.3, -0.25) is 0 Å². The van der Waals surface area contributed by atoms with Crippen LogP contribution in [0, 0.1) is 0 Å². The predicted molar refractivity (Wildman–Crippen MR) is 361 cm³/mol. The second kappa shape index (κ2) is 18.2. The SMILES string of the molecule is c1ccc2cc(-n3c4ccccc4c4cc(-c5ccc(-c6ccc7c(c6)C6(CCCC6)c6cc8c(cc6-7)C6(CCCC6)c6cc(-c7ccc(-c9ccc%10c(c9)c9ccccc9n%10-c9ccc%10ccccc%10c9)cc7)ccc6-8)cc5)ccc43)ccc2c1. The van der Waals surface area contributed by atoms with Crippen LogP contribution in [0.2, 0.25) is 0 Å². The van der Waals surface area contributed by atoms with E-state index in [2.05, 4.69) is 276 Å². The third kappa shape index (κ3) is 6.96. The summed E-state index contributed by atoms with van der Waals surface area (Å²) in [7, 11) is 0. The highest BCUT2D eigenvalue weighted by atomic mass is 15.0. The van der Waals surface area contributed by atoms with E-state index in [1.807, 2.05) is 0 Å². The molecule has 406 valence electrons. The average molecular weight is 1100 g/mol. The lowest BCUT2D eigenvalue weighted by molar-refractivity contribution is 0.544. The van der Waals surface area contributed by atoms with E-state index >= 15 is 0 Å². The Morgan fingerprint density at radius 2 is 0.547 bits per heavy atom. The lowest BCUT2D eigenvalue weighted by atomic mass is 9.74. The van der Waals surface area contributed by atoms with E-state index in [1.54, 1.807) is 22.3 Å². The average Bonchev–Trinajstić information content (AvgIpc) is 1.55. The topological polar surface area (TPSA) is 9.86 Å². The van der Waals surface area contributed by atoms with Gasteiger partial charge in [-0.2, -0.15) is 0 Å². The van der Waals surface area contributed by atoms with E-state index in [0.717, 1.165) is 0 Å². The van der Waals surface area contributed by atoms with Crippen LogP contribution in [0.4, 0.5) is 0 Å². The first-order valence-electron chi connectivity index (χ1n) is 31.3. The minimum atomic E-state index is 0.0448. The number of hydrogen-bond acceptors (Lipinski definition) is 0. The third-order valence-corrected chi connectivity index (χ3v) is 21.2. The van der Waals surface area contributed by atoms with Crippen LogP contribution in [0.3, 0.4) is 0 Å². The van der Waals surface area contributed by atoms with Crippen molar-refractivity contribution in [2.45, 2.75) is 62.2 Å². The van der Waals surface area contributed by atoms with Crippen molar-refractivity contribution in [1.82, 2.24) is 9.13 Å². The molecular weight excluding hydrogens is 1040 g/mol. The Labute approximate surface area is 500 Å². The molecule has 0 aliphatic heterocycles. The summed E-state index contributed by atoms with van der Waals surface area (Å²) in [5, 5.41) is 10.1. The second-order valence-corrected chi connectivity index (χ2v) is 25.4. The van der Waals surface area contributed by atoms with E-state index < -0.39 is 0 Å². The van der Waals surface area contributed by atoms with Crippen molar-refractivity contribution in [2.75, 3.05) is 0 Å². The summed E-state index contributed by atoms with van der Waals surface area (Å²) in [5.41, 5.74) is 29.7. The molecule has 2 heterocycles. The molecular formula is C84H60N2. The molecule has 0 saturated heterocycles. The van der Waals surface area contributed by atoms with Crippen LogP contribution in [-0.2, 0) is 10.8 Å². The maximum absolute atomic E-state index is 2.71. The molecule has 2 nitrogen and oxygen atoms in total. The number of aromatic nitrogens is 2. The molecule has 2 aromatic heterocycles. The van der Waals surface area contributed by atoms with E-state index in [1.165, 1.54) is 195 Å². The Morgan fingerprint density at radius 1 is 0.221 bits per heavy atom. The van der Waals surface area contributed by atoms with Crippen LogP contribution >= 0.6 is 0 Å². The Balaban J connectivity index is 0.632. The Morgan fingerprint density at radius 3 is 0.965 bits per heavy atom. The Hall–Kier alpha value is -10.0. The number of fused-ring (bicyclic) bond motifs is 18. The molecule has 4 aliphatic carbocycles. The molecule has 0 atom stereocenters. The summed E-state index contributed by atoms with van der Waals surface area (Å²) >= 11 is 0. The van der Waals surface area contributed by atoms with Gasteiger partial charge in [-0.15, -0.1) is 0 Å². The summed E-state index contributed by atoms with van der Waals surface area (Å²) in [6.07, 6.45) is 9.93. The van der Waals surface area contributed by atoms with Crippen LogP contribution in [0.5, 0.6) is 0 Å². The summed E-state index contributed by atoms with van der Waals surface area (Å²) in [6.45, 7) is 0. The van der Waals surface area contributed by atoms with E-state index in [4.69, 9.17) is 0 Å². The first kappa shape index (κ1) is 48.4. The van der Waals surface area contributed by atoms with Crippen LogP contribution in [-0.4, -0.2) is 9.13 Å². The molecule has 15 aromatic rings. The molecule has 0 radical (unpaired) electrons. The summed E-state index contributed by atoms with van der Waals surface area (Å²) in [4.78, 5) is 0. The predicted octanol–water partition coefficient (Wildman–Crippen LogP) is 22.5. The minimum absolute atomic E-state index is 0.0448. The van der Waals surface area contributed by atoms with Gasteiger partial charge in [0.15, 0.2) is 0 Å². The Kier molecular flexibility index (Phi) is 10.3. The van der Waals surface area contributed by atoms with E-state index in [-0.39, 0.29) is 10.8 Å². The number of rotatable bonds is 6. The van der Waals surface area contributed by atoms with Gasteiger partial charge in [0.05, 0.1) is 22.1 Å². The quantitative estimate of drug-likeness (QED) is 0.157. The largest absolute Gasteiger partial charge is 0.309 e. The maximum atomic E-state index is 2.71. The molecule has 86 heavy (non-hydrogen) atoms. The smallest absolute Gasteiger partial charge is 0.0541 e. The van der Waals surface area contributed by atoms with Gasteiger partial charge in [-0.1, -0.05) is 208 Å². The third-order valence-electron chi connectivity index (χ3n) is 21.2. The van der Waals surface area contributed by atoms with Gasteiger partial charge in [0.1, 0.15) is 0 Å². The van der Waals surface area contributed by atoms with Crippen molar-refractivity contribution in [2.24, 2.45) is 0 Å². The zero-order valence-corrected chi connectivity index (χ0v) is 48.0. The monoisotopic (exact) mass is 1100 g/mol. The van der Waals surface area contributed by atoms with Gasteiger partial charge < -0.3 is 9.13 Å². The Bertz CT molecular complexity index is 5010. The van der Waals surface area contributed by atoms with Crippen molar-refractivity contribution in [3.05, 3.63) is 289 Å². The number of benzene rings is 13. The first-order chi connectivity index (χ1) is 42.5. The van der Waals surface area contributed by atoms with Crippen molar-refractivity contribution in [3.63, 3.8) is 0 Å². The van der Waals surface area contributed by atoms with Gasteiger partial charge >= 0.3 is 0 Å². The highest BCUT2D eigenvalue weighted by Crippen LogP contribution is 2.63. The molecule has 0 amide bonds.